The lowest BCUT2D eigenvalue weighted by molar-refractivity contribution is 0.00191. The molecule has 1 aliphatic rings. The lowest BCUT2D eigenvalue weighted by Crippen LogP contribution is -2.52. The summed E-state index contributed by atoms with van der Waals surface area (Å²) in [6.07, 6.45) is 3.62. The first-order valence-corrected chi connectivity index (χ1v) is 10.7. The van der Waals surface area contributed by atoms with E-state index in [-0.39, 0.29) is 17.6 Å². The van der Waals surface area contributed by atoms with Crippen LogP contribution in [0.15, 0.2) is 47.1 Å². The van der Waals surface area contributed by atoms with Crippen LogP contribution < -0.4 is 10.6 Å². The molecule has 3 rings (SSSR count). The highest BCUT2D eigenvalue weighted by Gasteiger charge is 2.27. The summed E-state index contributed by atoms with van der Waals surface area (Å²) in [5.41, 5.74) is 1.17. The van der Waals surface area contributed by atoms with Gasteiger partial charge in [-0.25, -0.2) is 0 Å². The predicted octanol–water partition coefficient (Wildman–Crippen LogP) is 3.40. The second-order valence-corrected chi connectivity index (χ2v) is 7.51. The largest absolute Gasteiger partial charge is 0.459 e. The van der Waals surface area contributed by atoms with Crippen molar-refractivity contribution in [3.8, 4) is 0 Å². The summed E-state index contributed by atoms with van der Waals surface area (Å²) in [7, 11) is 0. The number of carbonyl (C=O) groups is 2. The fourth-order valence-electron chi connectivity index (χ4n) is 3.94. The van der Waals surface area contributed by atoms with E-state index in [0.29, 0.717) is 29.8 Å². The molecule has 7 heteroatoms. The molecule has 1 aliphatic heterocycles. The number of ether oxygens (including phenoxy) is 1. The van der Waals surface area contributed by atoms with Gasteiger partial charge >= 0.3 is 0 Å². The summed E-state index contributed by atoms with van der Waals surface area (Å²) in [4.78, 5) is 27.2. The van der Waals surface area contributed by atoms with E-state index >= 15 is 0 Å². The van der Waals surface area contributed by atoms with Crippen molar-refractivity contribution in [2.45, 2.75) is 32.7 Å². The first-order valence-electron chi connectivity index (χ1n) is 10.7. The van der Waals surface area contributed by atoms with Gasteiger partial charge in [0.25, 0.3) is 11.8 Å². The standard InChI is InChI=1S/C23H31N3O4/c1-3-17(4-2)20(26-11-14-29-15-12-26)16-24-22(27)18-7-9-19(10-8-18)25-23(28)21-6-5-13-30-21/h5-10,13,17,20H,3-4,11-12,14-16H2,1-2H3,(H,24,27)(H,25,28). The SMILES string of the molecule is CCC(CC)C(CNC(=O)c1ccc(NC(=O)c2ccco2)cc1)N1CCOCC1. The highest BCUT2D eigenvalue weighted by Crippen LogP contribution is 2.20. The number of nitrogens with zero attached hydrogens (tertiary/aromatic N) is 1. The summed E-state index contributed by atoms with van der Waals surface area (Å²) in [6.45, 7) is 8.33. The number of rotatable bonds is 9. The molecule has 2 amide bonds. The van der Waals surface area contributed by atoms with Crippen molar-refractivity contribution in [3.05, 3.63) is 54.0 Å². The van der Waals surface area contributed by atoms with Gasteiger partial charge in [-0.2, -0.15) is 0 Å². The highest BCUT2D eigenvalue weighted by molar-refractivity contribution is 6.02. The van der Waals surface area contributed by atoms with Crippen LogP contribution in [0.3, 0.4) is 0 Å². The third kappa shape index (κ3) is 5.70. The van der Waals surface area contributed by atoms with Gasteiger partial charge in [0.15, 0.2) is 5.76 Å². The van der Waals surface area contributed by atoms with Crippen LogP contribution in [0.25, 0.3) is 0 Å². The summed E-state index contributed by atoms with van der Waals surface area (Å²) >= 11 is 0. The molecule has 0 saturated carbocycles. The van der Waals surface area contributed by atoms with E-state index in [4.69, 9.17) is 9.15 Å². The summed E-state index contributed by atoms with van der Waals surface area (Å²) in [5.74, 6) is 0.341. The number of benzene rings is 1. The predicted molar refractivity (Wildman–Crippen MR) is 116 cm³/mol. The Morgan fingerprint density at radius 1 is 1.03 bits per heavy atom. The molecule has 2 N–H and O–H groups in total. The molecule has 1 atom stereocenters. The minimum Gasteiger partial charge on any atom is -0.459 e. The zero-order chi connectivity index (χ0) is 21.3. The Kier molecular flexibility index (Phi) is 8.04. The Labute approximate surface area is 177 Å². The molecule has 2 aromatic rings. The van der Waals surface area contributed by atoms with Gasteiger partial charge in [-0.05, 0) is 42.3 Å². The number of morpholine rings is 1. The average Bonchev–Trinajstić information content (AvgIpc) is 3.33. The van der Waals surface area contributed by atoms with E-state index in [0.717, 1.165) is 39.1 Å². The van der Waals surface area contributed by atoms with Crippen LogP contribution in [0.5, 0.6) is 0 Å². The van der Waals surface area contributed by atoms with Crippen LogP contribution in [0.1, 0.15) is 47.6 Å². The zero-order valence-corrected chi connectivity index (χ0v) is 17.7. The van der Waals surface area contributed by atoms with Crippen molar-refractivity contribution in [2.75, 3.05) is 38.2 Å². The third-order valence-electron chi connectivity index (χ3n) is 5.73. The number of anilines is 1. The topological polar surface area (TPSA) is 83.8 Å². The lowest BCUT2D eigenvalue weighted by Gasteiger charge is -2.38. The van der Waals surface area contributed by atoms with Crippen molar-refractivity contribution in [1.82, 2.24) is 10.2 Å². The van der Waals surface area contributed by atoms with E-state index in [1.807, 2.05) is 0 Å². The van der Waals surface area contributed by atoms with Gasteiger partial charge in [-0.3, -0.25) is 14.5 Å². The van der Waals surface area contributed by atoms with Gasteiger partial charge in [0.1, 0.15) is 0 Å². The summed E-state index contributed by atoms with van der Waals surface area (Å²) in [6, 6.07) is 10.4. The number of furan rings is 1. The van der Waals surface area contributed by atoms with E-state index in [1.54, 1.807) is 36.4 Å². The average molecular weight is 414 g/mol. The number of nitrogens with one attached hydrogen (secondary N) is 2. The normalized spacial score (nSPS) is 15.7. The fraction of sp³-hybridized carbons (Fsp3) is 0.478. The quantitative estimate of drug-likeness (QED) is 0.658. The Morgan fingerprint density at radius 3 is 2.33 bits per heavy atom. The zero-order valence-electron chi connectivity index (χ0n) is 17.7. The Morgan fingerprint density at radius 2 is 1.73 bits per heavy atom. The molecule has 162 valence electrons. The first-order chi connectivity index (χ1) is 14.6. The molecule has 30 heavy (non-hydrogen) atoms. The van der Waals surface area contributed by atoms with Crippen molar-refractivity contribution >= 4 is 17.5 Å². The van der Waals surface area contributed by atoms with Crippen LogP contribution in [0.2, 0.25) is 0 Å². The van der Waals surface area contributed by atoms with Crippen LogP contribution in [0, 0.1) is 5.92 Å². The summed E-state index contributed by atoms with van der Waals surface area (Å²) in [5, 5.41) is 5.86. The molecule has 1 aromatic carbocycles. The third-order valence-corrected chi connectivity index (χ3v) is 5.73. The minimum atomic E-state index is -0.323. The number of hydrogen-bond donors (Lipinski definition) is 2. The van der Waals surface area contributed by atoms with Crippen molar-refractivity contribution in [1.29, 1.82) is 0 Å². The smallest absolute Gasteiger partial charge is 0.291 e. The minimum absolute atomic E-state index is 0.108. The van der Waals surface area contributed by atoms with E-state index in [1.165, 1.54) is 6.26 Å². The first kappa shape index (κ1) is 22.1. The second kappa shape index (κ2) is 10.9. The molecule has 1 fully saturated rings. The highest BCUT2D eigenvalue weighted by atomic mass is 16.5. The van der Waals surface area contributed by atoms with Gasteiger partial charge in [-0.1, -0.05) is 26.7 Å². The molecule has 0 radical (unpaired) electrons. The van der Waals surface area contributed by atoms with E-state index in [2.05, 4.69) is 29.4 Å². The van der Waals surface area contributed by atoms with Gasteiger partial charge in [0.2, 0.25) is 0 Å². The van der Waals surface area contributed by atoms with Crippen molar-refractivity contribution in [3.63, 3.8) is 0 Å². The van der Waals surface area contributed by atoms with Crippen LogP contribution in [-0.4, -0.2) is 55.6 Å². The number of hydrogen-bond acceptors (Lipinski definition) is 5. The van der Waals surface area contributed by atoms with Crippen LogP contribution in [-0.2, 0) is 4.74 Å². The number of carbonyl (C=O) groups excluding carboxylic acids is 2. The fourth-order valence-corrected chi connectivity index (χ4v) is 3.94. The molecule has 7 nitrogen and oxygen atoms in total. The molecule has 0 aliphatic carbocycles. The molecular weight excluding hydrogens is 382 g/mol. The van der Waals surface area contributed by atoms with Crippen molar-refractivity contribution in [2.24, 2.45) is 5.92 Å². The molecule has 1 aromatic heterocycles. The van der Waals surface area contributed by atoms with Gasteiger partial charge in [-0.15, -0.1) is 0 Å². The van der Waals surface area contributed by atoms with Crippen molar-refractivity contribution < 1.29 is 18.7 Å². The maximum Gasteiger partial charge on any atom is 0.291 e. The second-order valence-electron chi connectivity index (χ2n) is 7.51. The Bertz CT molecular complexity index is 794. The molecule has 0 spiro atoms. The molecule has 1 unspecified atom stereocenters. The van der Waals surface area contributed by atoms with Gasteiger partial charge < -0.3 is 19.8 Å². The van der Waals surface area contributed by atoms with Gasteiger partial charge in [0.05, 0.1) is 19.5 Å². The molecule has 0 bridgehead atoms. The van der Waals surface area contributed by atoms with E-state index in [9.17, 15) is 9.59 Å². The van der Waals surface area contributed by atoms with Crippen LogP contribution in [0.4, 0.5) is 5.69 Å². The molecule has 2 heterocycles. The molecule has 1 saturated heterocycles. The maximum absolute atomic E-state index is 12.7. The maximum atomic E-state index is 12.7. The lowest BCUT2D eigenvalue weighted by atomic mass is 9.92. The Hall–Kier alpha value is -2.64. The number of amides is 2. The van der Waals surface area contributed by atoms with E-state index < -0.39 is 0 Å². The summed E-state index contributed by atoms with van der Waals surface area (Å²) < 4.78 is 10.6. The Balaban J connectivity index is 1.57. The van der Waals surface area contributed by atoms with Gasteiger partial charge in [0, 0.05) is 36.9 Å². The molecular formula is C23H31N3O4. The monoisotopic (exact) mass is 413 g/mol. The van der Waals surface area contributed by atoms with Crippen LogP contribution >= 0.6 is 0 Å².